The first kappa shape index (κ1) is 23.9. The van der Waals surface area contributed by atoms with Crippen molar-refractivity contribution >= 4 is 17.5 Å². The van der Waals surface area contributed by atoms with Crippen LogP contribution in [0.1, 0.15) is 53.7 Å². The zero-order chi connectivity index (χ0) is 22.6. The second-order valence-electron chi connectivity index (χ2n) is 8.09. The molecular weight excluding hydrogens is 404 g/mol. The molecule has 1 aliphatic heterocycles. The van der Waals surface area contributed by atoms with Gasteiger partial charge in [0.15, 0.2) is 0 Å². The molecule has 0 saturated carbocycles. The Bertz CT molecular complexity index is 873. The number of pyridine rings is 1. The number of amides is 2. The molecule has 0 radical (unpaired) electrons. The van der Waals surface area contributed by atoms with Crippen LogP contribution in [0.15, 0.2) is 42.6 Å². The van der Waals surface area contributed by atoms with Gasteiger partial charge in [-0.1, -0.05) is 25.3 Å². The van der Waals surface area contributed by atoms with Crippen molar-refractivity contribution in [2.45, 2.75) is 45.1 Å². The van der Waals surface area contributed by atoms with Crippen molar-refractivity contribution in [2.24, 2.45) is 0 Å². The van der Waals surface area contributed by atoms with Crippen LogP contribution >= 0.6 is 0 Å². The number of fused-ring (bicyclic) bond motifs is 1. The van der Waals surface area contributed by atoms with E-state index in [1.54, 1.807) is 12.3 Å². The number of rotatable bonds is 6. The van der Waals surface area contributed by atoms with E-state index in [4.69, 9.17) is 4.74 Å². The molecule has 1 aromatic carbocycles. The Morgan fingerprint density at radius 1 is 1.12 bits per heavy atom. The second kappa shape index (κ2) is 12.9. The largest absolute Gasteiger partial charge is 0.375 e. The van der Waals surface area contributed by atoms with E-state index in [1.165, 1.54) is 20.0 Å². The third-order valence-corrected chi connectivity index (χ3v) is 5.64. The summed E-state index contributed by atoms with van der Waals surface area (Å²) in [6.45, 7) is 2.75. The molecule has 32 heavy (non-hydrogen) atoms. The molecular formula is C25H34N4O3. The molecule has 2 amide bonds. The van der Waals surface area contributed by atoms with Gasteiger partial charge in [-0.15, -0.1) is 0 Å². The summed E-state index contributed by atoms with van der Waals surface area (Å²) >= 11 is 0. The van der Waals surface area contributed by atoms with Crippen molar-refractivity contribution in [3.05, 3.63) is 59.4 Å². The first-order valence-corrected chi connectivity index (χ1v) is 11.5. The summed E-state index contributed by atoms with van der Waals surface area (Å²) in [6, 6.07) is 11.4. The molecule has 2 N–H and O–H groups in total. The van der Waals surface area contributed by atoms with E-state index in [2.05, 4.69) is 15.6 Å². The monoisotopic (exact) mass is 438 g/mol. The summed E-state index contributed by atoms with van der Waals surface area (Å²) in [5, 5.41) is 6.45. The Morgan fingerprint density at radius 2 is 1.97 bits per heavy atom. The van der Waals surface area contributed by atoms with Gasteiger partial charge < -0.3 is 20.3 Å². The summed E-state index contributed by atoms with van der Waals surface area (Å²) in [6.07, 6.45) is 7.99. The minimum Gasteiger partial charge on any atom is -0.375 e. The van der Waals surface area contributed by atoms with Crippen LogP contribution in [0.25, 0.3) is 0 Å². The average Bonchev–Trinajstić information content (AvgIpc) is 2.80. The normalized spacial score (nSPS) is 15.2. The third-order valence-electron chi connectivity index (χ3n) is 5.64. The van der Waals surface area contributed by atoms with Gasteiger partial charge in [-0.25, -0.2) is 0 Å². The van der Waals surface area contributed by atoms with Crippen molar-refractivity contribution in [3.8, 4) is 0 Å². The van der Waals surface area contributed by atoms with Gasteiger partial charge in [0, 0.05) is 56.3 Å². The maximum absolute atomic E-state index is 12.8. The quantitative estimate of drug-likeness (QED) is 0.724. The van der Waals surface area contributed by atoms with E-state index in [-0.39, 0.29) is 18.4 Å². The first-order chi connectivity index (χ1) is 15.7. The van der Waals surface area contributed by atoms with Crippen LogP contribution in [0.3, 0.4) is 0 Å². The van der Waals surface area contributed by atoms with Crippen LogP contribution in [0.5, 0.6) is 0 Å². The summed E-state index contributed by atoms with van der Waals surface area (Å²) < 4.78 is 5.11. The molecule has 0 spiro atoms. The summed E-state index contributed by atoms with van der Waals surface area (Å²) in [5.74, 6) is -0.178. The smallest absolute Gasteiger partial charge is 0.252 e. The predicted molar refractivity (Wildman–Crippen MR) is 126 cm³/mol. The van der Waals surface area contributed by atoms with Crippen LogP contribution in [0.4, 0.5) is 5.69 Å². The number of benzene rings is 1. The van der Waals surface area contributed by atoms with E-state index in [1.807, 2.05) is 35.2 Å². The summed E-state index contributed by atoms with van der Waals surface area (Å²) in [4.78, 5) is 31.6. The van der Waals surface area contributed by atoms with E-state index >= 15 is 0 Å². The molecule has 0 unspecified atom stereocenters. The molecule has 0 fully saturated rings. The van der Waals surface area contributed by atoms with Gasteiger partial charge >= 0.3 is 0 Å². The van der Waals surface area contributed by atoms with E-state index < -0.39 is 0 Å². The van der Waals surface area contributed by atoms with Gasteiger partial charge in [0.25, 0.3) is 11.8 Å². The van der Waals surface area contributed by atoms with Crippen LogP contribution < -0.4 is 15.5 Å². The number of aromatic nitrogens is 1. The zero-order valence-electron chi connectivity index (χ0n) is 18.9. The highest BCUT2D eigenvalue weighted by molar-refractivity contribution is 5.98. The van der Waals surface area contributed by atoms with Gasteiger partial charge in [0.1, 0.15) is 6.61 Å². The molecule has 7 heteroatoms. The highest BCUT2D eigenvalue weighted by atomic mass is 16.5. The molecule has 1 aromatic heterocycles. The number of ether oxygens (including phenoxy) is 1. The van der Waals surface area contributed by atoms with Gasteiger partial charge in [0.05, 0.1) is 0 Å². The van der Waals surface area contributed by atoms with Gasteiger partial charge in [0.2, 0.25) is 0 Å². The van der Waals surface area contributed by atoms with Crippen molar-refractivity contribution in [2.75, 3.05) is 38.3 Å². The Hall–Kier alpha value is -2.77. The fourth-order valence-corrected chi connectivity index (χ4v) is 3.94. The van der Waals surface area contributed by atoms with Gasteiger partial charge in [-0.3, -0.25) is 14.6 Å². The lowest BCUT2D eigenvalue weighted by Gasteiger charge is -2.26. The first-order valence-electron chi connectivity index (χ1n) is 11.5. The Labute approximate surface area is 190 Å². The molecule has 0 bridgehead atoms. The number of anilines is 1. The number of hydrogen-bond acceptors (Lipinski definition) is 5. The number of hydrogen-bond donors (Lipinski definition) is 2. The number of nitrogens with one attached hydrogen (secondary N) is 2. The predicted octanol–water partition coefficient (Wildman–Crippen LogP) is 3.09. The molecule has 7 nitrogen and oxygen atoms in total. The van der Waals surface area contributed by atoms with Gasteiger partial charge in [-0.2, -0.15) is 0 Å². The lowest BCUT2D eigenvalue weighted by Crippen LogP contribution is -2.36. The van der Waals surface area contributed by atoms with Crippen molar-refractivity contribution in [1.82, 2.24) is 15.6 Å². The summed E-state index contributed by atoms with van der Waals surface area (Å²) in [5.41, 5.74) is 3.34. The standard InChI is InChI=1S/C25H34N4O3/c1-32-19-24(30)29-16-8-4-2-3-6-13-26-18-21-17-20(10-11-23(21)29)25(31)28-15-12-22-9-5-7-14-27-22/h5,7,9-11,14,17,26H,2-4,6,8,12-13,15-16,18-19H2,1H3,(H,28,31). The molecule has 0 saturated heterocycles. The van der Waals surface area contributed by atoms with Crippen LogP contribution in [0, 0.1) is 0 Å². The van der Waals surface area contributed by atoms with E-state index in [0.29, 0.717) is 31.6 Å². The number of carbonyl (C=O) groups is 2. The third kappa shape index (κ3) is 7.14. The lowest BCUT2D eigenvalue weighted by atomic mass is 10.0. The SMILES string of the molecule is COCC(=O)N1CCCCCCCNCc2cc(C(=O)NCCc3ccccn3)ccc21. The Morgan fingerprint density at radius 3 is 2.78 bits per heavy atom. The maximum Gasteiger partial charge on any atom is 0.252 e. The second-order valence-corrected chi connectivity index (χ2v) is 8.09. The topological polar surface area (TPSA) is 83.6 Å². The molecule has 172 valence electrons. The molecule has 3 rings (SSSR count). The number of methoxy groups -OCH3 is 1. The maximum atomic E-state index is 12.8. The molecule has 1 aliphatic rings. The molecule has 2 heterocycles. The lowest BCUT2D eigenvalue weighted by molar-refractivity contribution is -0.122. The fraction of sp³-hybridized carbons (Fsp3) is 0.480. The van der Waals surface area contributed by atoms with Crippen LogP contribution in [0.2, 0.25) is 0 Å². The summed E-state index contributed by atoms with van der Waals surface area (Å²) in [7, 11) is 1.54. The van der Waals surface area contributed by atoms with E-state index in [9.17, 15) is 9.59 Å². The highest BCUT2D eigenvalue weighted by Crippen LogP contribution is 2.24. The van der Waals surface area contributed by atoms with Crippen LogP contribution in [-0.4, -0.2) is 50.1 Å². The molecule has 0 atom stereocenters. The number of nitrogens with zero attached hydrogens (tertiary/aromatic N) is 2. The average molecular weight is 439 g/mol. The minimum absolute atomic E-state index is 0.0443. The van der Waals surface area contributed by atoms with E-state index in [0.717, 1.165) is 42.8 Å². The highest BCUT2D eigenvalue weighted by Gasteiger charge is 2.20. The Kier molecular flexibility index (Phi) is 9.65. The number of carbonyl (C=O) groups excluding carboxylic acids is 2. The van der Waals surface area contributed by atoms with Crippen molar-refractivity contribution in [1.29, 1.82) is 0 Å². The molecule has 0 aliphatic carbocycles. The Balaban J connectivity index is 1.75. The minimum atomic E-state index is -0.121. The van der Waals surface area contributed by atoms with Crippen LogP contribution in [-0.2, 0) is 22.5 Å². The van der Waals surface area contributed by atoms with Crippen molar-refractivity contribution in [3.63, 3.8) is 0 Å². The molecule has 2 aromatic rings. The zero-order valence-corrected chi connectivity index (χ0v) is 18.9. The fourth-order valence-electron chi connectivity index (χ4n) is 3.94. The van der Waals surface area contributed by atoms with Gasteiger partial charge in [-0.05, 0) is 55.3 Å². The van der Waals surface area contributed by atoms with Crippen molar-refractivity contribution < 1.29 is 14.3 Å².